The predicted molar refractivity (Wildman–Crippen MR) is 133 cm³/mol. The number of pyridine rings is 1. The number of thiazole rings is 1. The molecule has 0 spiro atoms. The Labute approximate surface area is 220 Å². The van der Waals surface area contributed by atoms with Crippen molar-refractivity contribution in [1.82, 2.24) is 20.5 Å². The second-order valence-electron chi connectivity index (χ2n) is 8.97. The first-order valence-corrected chi connectivity index (χ1v) is 12.6. The highest BCUT2D eigenvalue weighted by Gasteiger charge is 2.54. The Kier molecular flexibility index (Phi) is 6.40. The quantitative estimate of drug-likeness (QED) is 0.0814. The number of nitrogens with one attached hydrogen (secondary N) is 2. The van der Waals surface area contributed by atoms with Crippen LogP contribution in [0.1, 0.15) is 30.7 Å². The van der Waals surface area contributed by atoms with Crippen LogP contribution in [0.25, 0.3) is 5.57 Å². The molecule has 38 heavy (non-hydrogen) atoms. The zero-order valence-corrected chi connectivity index (χ0v) is 21.0. The molecule has 0 saturated carbocycles. The maximum Gasteiger partial charge on any atom is 0.352 e. The van der Waals surface area contributed by atoms with Crippen LogP contribution in [0.15, 0.2) is 51.8 Å². The lowest BCUT2D eigenvalue weighted by atomic mass is 9.79. The number of aryl methyl sites for hydroxylation is 1. The fourth-order valence-electron chi connectivity index (χ4n) is 5.16. The molecule has 0 aliphatic carbocycles. The van der Waals surface area contributed by atoms with Gasteiger partial charge in [0.25, 0.3) is 11.8 Å². The minimum Gasteiger partial charge on any atom is -0.477 e. The lowest BCUT2D eigenvalue weighted by Crippen LogP contribution is -2.72. The normalized spacial score (nSPS) is 22.6. The van der Waals surface area contributed by atoms with Crippen molar-refractivity contribution in [3.63, 3.8) is 0 Å². The van der Waals surface area contributed by atoms with E-state index in [1.54, 1.807) is 29.9 Å². The standard InChI is InChI=1S/C24H23N7O6S/c1-30-9-3-2-4-14(30)16(12-7-8-26-20(12)32)11-5-6-15-18(22(34)31(15)19(11)23(35)36)28-21(33)17(29-37)13-10-38-24(25)27-13/h2-4,9-10,15,18H,5-8H2,1H3,(H5-,25,26,27,28,32,33,35,36,37)/p+1/t15-,18+/m1/s1. The van der Waals surface area contributed by atoms with Crippen LogP contribution in [0.3, 0.4) is 0 Å². The highest BCUT2D eigenvalue weighted by atomic mass is 32.1. The van der Waals surface area contributed by atoms with Crippen LogP contribution in [-0.4, -0.2) is 68.2 Å². The van der Waals surface area contributed by atoms with Gasteiger partial charge in [-0.25, -0.2) is 14.3 Å². The van der Waals surface area contributed by atoms with Crippen molar-refractivity contribution in [2.75, 3.05) is 12.3 Å². The topological polar surface area (TPSA) is 191 Å². The average molecular weight is 539 g/mol. The lowest BCUT2D eigenvalue weighted by Gasteiger charge is -2.50. The summed E-state index contributed by atoms with van der Waals surface area (Å²) < 4.78 is 1.80. The molecule has 3 aliphatic heterocycles. The first-order chi connectivity index (χ1) is 18.2. The van der Waals surface area contributed by atoms with Crippen LogP contribution < -0.4 is 20.9 Å². The number of aliphatic carboxylic acids is 1. The number of oxime groups is 1. The zero-order chi connectivity index (χ0) is 27.1. The summed E-state index contributed by atoms with van der Waals surface area (Å²) in [6.07, 6.45) is 2.81. The Morgan fingerprint density at radius 1 is 1.32 bits per heavy atom. The molecule has 13 nitrogen and oxygen atoms in total. The van der Waals surface area contributed by atoms with E-state index < -0.39 is 35.6 Å². The second kappa shape index (κ2) is 9.70. The number of nitrogens with zero attached hydrogens (tertiary/aromatic N) is 4. The molecule has 2 aromatic rings. The third kappa shape index (κ3) is 4.08. The van der Waals surface area contributed by atoms with E-state index >= 15 is 0 Å². The number of rotatable bonds is 6. The highest BCUT2D eigenvalue weighted by molar-refractivity contribution is 7.13. The molecule has 2 fully saturated rings. The van der Waals surface area contributed by atoms with E-state index in [2.05, 4.69) is 20.8 Å². The molecule has 0 bridgehead atoms. The number of hydrogen-bond acceptors (Lipinski definition) is 9. The molecule has 2 aromatic heterocycles. The molecular weight excluding hydrogens is 514 g/mol. The van der Waals surface area contributed by atoms with E-state index in [1.807, 2.05) is 6.07 Å². The van der Waals surface area contributed by atoms with Gasteiger partial charge in [0.05, 0.1) is 11.6 Å². The molecule has 2 atom stereocenters. The SMILES string of the molecule is C[n+]1ccccc1C(=C1CCNC1=O)C1=C(C(=O)O)N2C(=O)[C@@H](NC(=O)C(=NO)c3csc(N)n3)[C@H]2CC1. The van der Waals surface area contributed by atoms with Gasteiger partial charge in [-0.1, -0.05) is 5.16 Å². The number of allylic oxidation sites excluding steroid dienone is 2. The van der Waals surface area contributed by atoms with Gasteiger partial charge in [0.2, 0.25) is 11.6 Å². The molecule has 0 unspecified atom stereocenters. The summed E-state index contributed by atoms with van der Waals surface area (Å²) in [6, 6.07) is 3.76. The van der Waals surface area contributed by atoms with Gasteiger partial charge in [0.1, 0.15) is 24.5 Å². The van der Waals surface area contributed by atoms with Crippen LogP contribution in [0, 0.1) is 0 Å². The smallest absolute Gasteiger partial charge is 0.352 e. The number of carboxylic acid groups (broad SMARTS) is 1. The van der Waals surface area contributed by atoms with Crippen LogP contribution in [0.5, 0.6) is 0 Å². The van der Waals surface area contributed by atoms with Gasteiger partial charge >= 0.3 is 5.97 Å². The highest BCUT2D eigenvalue weighted by Crippen LogP contribution is 2.43. The molecule has 14 heteroatoms. The third-order valence-electron chi connectivity index (χ3n) is 6.85. The lowest BCUT2D eigenvalue weighted by molar-refractivity contribution is -0.673. The molecule has 196 valence electrons. The third-order valence-corrected chi connectivity index (χ3v) is 7.53. The molecular formula is C24H24N7O6S+. The van der Waals surface area contributed by atoms with Crippen molar-refractivity contribution >= 4 is 51.4 Å². The summed E-state index contributed by atoms with van der Waals surface area (Å²) in [4.78, 5) is 56.4. The maximum atomic E-state index is 13.2. The summed E-state index contributed by atoms with van der Waals surface area (Å²) in [6.45, 7) is 0.433. The number of carbonyl (C=O) groups excluding carboxylic acids is 3. The number of aromatic nitrogens is 2. The maximum absolute atomic E-state index is 13.2. The predicted octanol–water partition coefficient (Wildman–Crippen LogP) is -0.470. The number of nitrogens with two attached hydrogens (primary N) is 1. The van der Waals surface area contributed by atoms with Crippen molar-refractivity contribution in [1.29, 1.82) is 0 Å². The van der Waals surface area contributed by atoms with Gasteiger partial charge in [0, 0.05) is 29.6 Å². The van der Waals surface area contributed by atoms with E-state index in [0.717, 1.165) is 11.3 Å². The Hall–Kier alpha value is -4.59. The first kappa shape index (κ1) is 25.1. The summed E-state index contributed by atoms with van der Waals surface area (Å²) in [5, 5.41) is 29.5. The monoisotopic (exact) mass is 538 g/mol. The number of β-lactam (4-membered cyclic amide) rings is 1. The molecule has 0 radical (unpaired) electrons. The molecule has 0 aromatic carbocycles. The number of amides is 3. The van der Waals surface area contributed by atoms with E-state index in [-0.39, 0.29) is 28.9 Å². The Balaban J connectivity index is 1.50. The number of fused-ring (bicyclic) bond motifs is 1. The van der Waals surface area contributed by atoms with E-state index in [0.29, 0.717) is 41.8 Å². The summed E-state index contributed by atoms with van der Waals surface area (Å²) in [5.74, 6) is -3.05. The fourth-order valence-corrected chi connectivity index (χ4v) is 5.71. The minimum absolute atomic E-state index is 0.0509. The molecule has 3 amide bonds. The zero-order valence-electron chi connectivity index (χ0n) is 20.2. The van der Waals surface area contributed by atoms with E-state index in [9.17, 15) is 29.5 Å². The van der Waals surface area contributed by atoms with Crippen LogP contribution in [0.4, 0.5) is 5.13 Å². The van der Waals surface area contributed by atoms with Gasteiger partial charge in [-0.05, 0) is 30.9 Å². The molecule has 6 N–H and O–H groups in total. The average Bonchev–Trinajstić information content (AvgIpc) is 3.51. The largest absolute Gasteiger partial charge is 0.477 e. The Morgan fingerprint density at radius 3 is 2.71 bits per heavy atom. The van der Waals surface area contributed by atoms with Crippen molar-refractivity contribution < 1.29 is 34.1 Å². The van der Waals surface area contributed by atoms with Gasteiger partial charge in [0.15, 0.2) is 17.0 Å². The molecule has 2 saturated heterocycles. The molecule has 5 rings (SSSR count). The van der Waals surface area contributed by atoms with Gasteiger partial charge in [-0.15, -0.1) is 11.3 Å². The van der Waals surface area contributed by atoms with E-state index in [4.69, 9.17) is 5.73 Å². The van der Waals surface area contributed by atoms with Crippen molar-refractivity contribution in [2.45, 2.75) is 31.3 Å². The number of carbonyl (C=O) groups is 4. The fraction of sp³-hybridized carbons (Fsp3) is 0.292. The summed E-state index contributed by atoms with van der Waals surface area (Å²) in [5.41, 5.74) is 7.01. The number of hydrogen-bond donors (Lipinski definition) is 5. The van der Waals surface area contributed by atoms with E-state index in [1.165, 1.54) is 10.3 Å². The van der Waals surface area contributed by atoms with Crippen molar-refractivity contribution in [3.8, 4) is 0 Å². The molecule has 3 aliphatic rings. The summed E-state index contributed by atoms with van der Waals surface area (Å²) in [7, 11) is 1.80. The van der Waals surface area contributed by atoms with Crippen LogP contribution in [0.2, 0.25) is 0 Å². The van der Waals surface area contributed by atoms with Crippen LogP contribution >= 0.6 is 11.3 Å². The minimum atomic E-state index is -1.31. The molecule has 5 heterocycles. The Bertz CT molecular complexity index is 1480. The summed E-state index contributed by atoms with van der Waals surface area (Å²) >= 11 is 1.05. The first-order valence-electron chi connectivity index (χ1n) is 11.7. The van der Waals surface area contributed by atoms with Gasteiger partial charge in [-0.2, -0.15) is 0 Å². The van der Waals surface area contributed by atoms with Crippen molar-refractivity contribution in [3.05, 3.63) is 58.0 Å². The second-order valence-corrected chi connectivity index (χ2v) is 9.86. The van der Waals surface area contributed by atoms with Gasteiger partial charge < -0.3 is 26.7 Å². The number of nitrogen functional groups attached to an aromatic ring is 1. The van der Waals surface area contributed by atoms with Crippen molar-refractivity contribution in [2.24, 2.45) is 12.2 Å². The Morgan fingerprint density at radius 2 is 2.11 bits per heavy atom. The van der Waals surface area contributed by atoms with Gasteiger partial charge in [-0.3, -0.25) is 19.3 Å². The van der Waals surface area contributed by atoms with Crippen LogP contribution in [-0.2, 0) is 26.2 Å². The number of anilines is 1. The number of carboxylic acids is 1.